The van der Waals surface area contributed by atoms with Gasteiger partial charge in [-0.15, -0.1) is 0 Å². The number of benzene rings is 1. The van der Waals surface area contributed by atoms with E-state index in [1.54, 1.807) is 11.9 Å². The number of morpholine rings is 1. The summed E-state index contributed by atoms with van der Waals surface area (Å²) < 4.78 is 7.47. The highest BCUT2D eigenvalue weighted by molar-refractivity contribution is 6.24. The van der Waals surface area contributed by atoms with Crippen molar-refractivity contribution in [3.63, 3.8) is 0 Å². The number of anilines is 1. The van der Waals surface area contributed by atoms with Crippen LogP contribution in [0.2, 0.25) is 0 Å². The second-order valence-corrected chi connectivity index (χ2v) is 8.68. The van der Waals surface area contributed by atoms with Gasteiger partial charge in [-0.2, -0.15) is 0 Å². The Morgan fingerprint density at radius 1 is 1.09 bits per heavy atom. The molecule has 2 saturated heterocycles. The van der Waals surface area contributed by atoms with E-state index < -0.39 is 6.04 Å². The van der Waals surface area contributed by atoms with Crippen LogP contribution in [0.25, 0.3) is 0 Å². The summed E-state index contributed by atoms with van der Waals surface area (Å²) in [4.78, 5) is 38.7. The van der Waals surface area contributed by atoms with Crippen molar-refractivity contribution in [3.8, 4) is 0 Å². The number of imide groups is 1. The highest BCUT2D eigenvalue weighted by Crippen LogP contribution is 2.26. The van der Waals surface area contributed by atoms with Crippen LogP contribution in [0.1, 0.15) is 18.9 Å². The van der Waals surface area contributed by atoms with Gasteiger partial charge in [0.05, 0.1) is 26.3 Å². The van der Waals surface area contributed by atoms with Crippen molar-refractivity contribution >= 4 is 29.4 Å². The molecule has 1 aromatic rings. The molecule has 4 aliphatic heterocycles. The smallest absolute Gasteiger partial charge is 0.379 e. The van der Waals surface area contributed by atoms with Gasteiger partial charge in [0.25, 0.3) is 5.91 Å². The molecule has 4 heterocycles. The van der Waals surface area contributed by atoms with Crippen molar-refractivity contribution in [1.82, 2.24) is 14.7 Å². The number of rotatable bonds is 5. The summed E-state index contributed by atoms with van der Waals surface area (Å²) >= 11 is 0. The Morgan fingerprint density at radius 2 is 1.84 bits per heavy atom. The van der Waals surface area contributed by atoms with Crippen molar-refractivity contribution in [2.75, 3.05) is 64.4 Å². The lowest BCUT2D eigenvalue weighted by atomic mass is 10.1. The molecular formula is C23H31N6O3+. The van der Waals surface area contributed by atoms with Gasteiger partial charge in [0.15, 0.2) is 0 Å². The number of amides is 3. The third-order valence-corrected chi connectivity index (χ3v) is 6.81. The van der Waals surface area contributed by atoms with E-state index in [-0.39, 0.29) is 11.9 Å². The maximum Gasteiger partial charge on any atom is 0.397 e. The van der Waals surface area contributed by atoms with E-state index >= 15 is 0 Å². The fourth-order valence-electron chi connectivity index (χ4n) is 4.88. The lowest BCUT2D eigenvalue weighted by Gasteiger charge is -2.36. The Morgan fingerprint density at radius 3 is 2.56 bits per heavy atom. The summed E-state index contributed by atoms with van der Waals surface area (Å²) in [7, 11) is 1.72. The predicted octanol–water partition coefficient (Wildman–Crippen LogP) is 0.835. The van der Waals surface area contributed by atoms with Gasteiger partial charge in [-0.05, 0) is 24.1 Å². The minimum Gasteiger partial charge on any atom is -0.379 e. The molecule has 0 aliphatic carbocycles. The molecule has 9 heteroatoms. The molecule has 4 aliphatic rings. The molecule has 1 atom stereocenters. The average Bonchev–Trinajstić information content (AvgIpc) is 3.23. The first-order valence-corrected chi connectivity index (χ1v) is 11.6. The summed E-state index contributed by atoms with van der Waals surface area (Å²) in [5, 5.41) is 0. The number of likely N-dealkylation sites (N-methyl/N-ethyl adjacent to an activating group) is 1. The number of guanidine groups is 1. The first kappa shape index (κ1) is 21.1. The summed E-state index contributed by atoms with van der Waals surface area (Å²) in [6.45, 7) is 7.84. The first-order valence-electron chi connectivity index (χ1n) is 11.6. The van der Waals surface area contributed by atoms with Crippen molar-refractivity contribution in [2.24, 2.45) is 4.99 Å². The number of carbonyl (C=O) groups is 2. The molecule has 32 heavy (non-hydrogen) atoms. The Kier molecular flexibility index (Phi) is 5.69. The molecule has 0 saturated carbocycles. The zero-order valence-corrected chi connectivity index (χ0v) is 18.9. The minimum absolute atomic E-state index is 0.168. The number of nitrogens with zero attached hydrogens (tertiary/aromatic N) is 6. The third-order valence-electron chi connectivity index (χ3n) is 6.81. The minimum atomic E-state index is -0.532. The zero-order chi connectivity index (χ0) is 22.2. The molecule has 1 aromatic carbocycles. The van der Waals surface area contributed by atoms with Gasteiger partial charge in [0, 0.05) is 39.6 Å². The molecular weight excluding hydrogens is 408 g/mol. The quantitative estimate of drug-likeness (QED) is 0.636. The molecule has 3 amide bonds. The summed E-state index contributed by atoms with van der Waals surface area (Å²) in [5.41, 5.74) is 2.35. The Labute approximate surface area is 188 Å². The number of urea groups is 1. The molecule has 0 N–H and O–H groups in total. The molecule has 1 unspecified atom stereocenters. The van der Waals surface area contributed by atoms with Crippen LogP contribution < -0.4 is 4.90 Å². The number of amidine groups is 1. The molecule has 5 rings (SSSR count). The molecule has 9 nitrogen and oxygen atoms in total. The summed E-state index contributed by atoms with van der Waals surface area (Å²) in [6.07, 6.45) is 1.92. The second kappa shape index (κ2) is 8.63. The van der Waals surface area contributed by atoms with Gasteiger partial charge >= 0.3 is 12.0 Å². The van der Waals surface area contributed by atoms with Crippen LogP contribution in [-0.4, -0.2) is 109 Å². The van der Waals surface area contributed by atoms with Crippen LogP contribution in [0.5, 0.6) is 0 Å². The Hall–Kier alpha value is -2.78. The number of hydrogen-bond acceptors (Lipinski definition) is 6. The zero-order valence-electron chi connectivity index (χ0n) is 18.9. The number of fused-ring (bicyclic) bond motifs is 2. The van der Waals surface area contributed by atoms with Crippen LogP contribution in [-0.2, 0) is 16.0 Å². The monoisotopic (exact) mass is 439 g/mol. The number of carbonyl (C=O) groups excluding carboxylic acids is 2. The predicted molar refractivity (Wildman–Crippen MR) is 121 cm³/mol. The second-order valence-electron chi connectivity index (χ2n) is 8.68. The lowest BCUT2D eigenvalue weighted by Crippen LogP contribution is -2.64. The molecule has 0 spiro atoms. The van der Waals surface area contributed by atoms with Gasteiger partial charge in [0.2, 0.25) is 11.9 Å². The maximum atomic E-state index is 13.5. The lowest BCUT2D eigenvalue weighted by molar-refractivity contribution is -0.539. The first-order chi connectivity index (χ1) is 15.6. The fourth-order valence-corrected chi connectivity index (χ4v) is 4.88. The van der Waals surface area contributed by atoms with Crippen LogP contribution in [0.15, 0.2) is 29.3 Å². The van der Waals surface area contributed by atoms with Gasteiger partial charge < -0.3 is 4.74 Å². The number of ether oxygens (including phenoxy) is 1. The van der Waals surface area contributed by atoms with Crippen LogP contribution >= 0.6 is 0 Å². The van der Waals surface area contributed by atoms with Gasteiger partial charge in [-0.3, -0.25) is 19.5 Å². The van der Waals surface area contributed by atoms with Crippen molar-refractivity contribution in [3.05, 3.63) is 29.8 Å². The van der Waals surface area contributed by atoms with Crippen molar-refractivity contribution < 1.29 is 18.9 Å². The summed E-state index contributed by atoms with van der Waals surface area (Å²) in [6, 6.07) is 7.68. The largest absolute Gasteiger partial charge is 0.397 e. The maximum absolute atomic E-state index is 13.5. The normalized spacial score (nSPS) is 24.1. The fraction of sp³-hybridized carbons (Fsp3) is 0.565. The van der Waals surface area contributed by atoms with E-state index in [2.05, 4.69) is 45.6 Å². The van der Waals surface area contributed by atoms with Gasteiger partial charge in [-0.1, -0.05) is 24.0 Å². The Balaban J connectivity index is 1.40. The molecule has 170 valence electrons. The third kappa shape index (κ3) is 3.59. The number of aryl methyl sites for hydroxylation is 1. The molecule has 0 aromatic heterocycles. The van der Waals surface area contributed by atoms with Crippen molar-refractivity contribution in [1.29, 1.82) is 0 Å². The van der Waals surface area contributed by atoms with E-state index in [0.717, 1.165) is 50.7 Å². The van der Waals surface area contributed by atoms with E-state index in [1.807, 2.05) is 0 Å². The van der Waals surface area contributed by atoms with E-state index in [0.29, 0.717) is 32.1 Å². The summed E-state index contributed by atoms with van der Waals surface area (Å²) in [5.74, 6) is 1.14. The van der Waals surface area contributed by atoms with Gasteiger partial charge in [-0.25, -0.2) is 14.3 Å². The SMILES string of the molecule is CCc1ccc(N2CCC[N+]3=C2N=C2C3C(=O)N(CCN3CCOCC3)C(=O)N2C)cc1. The van der Waals surface area contributed by atoms with E-state index in [9.17, 15) is 9.59 Å². The highest BCUT2D eigenvalue weighted by Gasteiger charge is 2.54. The topological polar surface area (TPSA) is 71.7 Å². The highest BCUT2D eigenvalue weighted by atomic mass is 16.5. The number of hydrogen-bond donors (Lipinski definition) is 0. The molecule has 2 fully saturated rings. The number of aliphatic imine (C=N–C) groups is 1. The van der Waals surface area contributed by atoms with Crippen LogP contribution in [0.3, 0.4) is 0 Å². The van der Waals surface area contributed by atoms with Crippen molar-refractivity contribution in [2.45, 2.75) is 25.8 Å². The van der Waals surface area contributed by atoms with Gasteiger partial charge in [0.1, 0.15) is 5.69 Å². The molecule has 0 bridgehead atoms. The average molecular weight is 440 g/mol. The van der Waals surface area contributed by atoms with E-state index in [1.165, 1.54) is 10.5 Å². The standard InChI is InChI=1S/C23H31N6O3/c1-3-17-5-7-18(8-6-17)27-9-4-10-28-19-20(24-22(27)28)25(2)23(31)29(21(19)30)12-11-26-13-15-32-16-14-26/h5-8,19H,3-4,9-16H2,1-2H3/q+1. The Bertz CT molecular complexity index is 966. The molecule has 0 radical (unpaired) electrons. The van der Waals surface area contributed by atoms with E-state index in [4.69, 9.17) is 9.73 Å². The van der Waals surface area contributed by atoms with Crippen LogP contribution in [0, 0.1) is 0 Å². The van der Waals surface area contributed by atoms with Crippen LogP contribution in [0.4, 0.5) is 10.5 Å².